The fraction of sp³-hybridized carbons (Fsp3) is 0.654. The van der Waals surface area contributed by atoms with Crippen molar-refractivity contribution >= 4 is 17.9 Å². The monoisotopic (exact) mass is 475 g/mol. The number of alkyl carbamates (subject to hydrolysis) is 1. The second-order valence-electron chi connectivity index (χ2n) is 11.6. The van der Waals surface area contributed by atoms with Crippen LogP contribution in [-0.2, 0) is 14.3 Å². The van der Waals surface area contributed by atoms with E-state index in [4.69, 9.17) is 4.74 Å². The highest BCUT2D eigenvalue weighted by molar-refractivity contribution is 5.93. The molecular weight excluding hydrogens is 434 g/mol. The van der Waals surface area contributed by atoms with Gasteiger partial charge in [-0.25, -0.2) is 4.79 Å². The normalized spacial score (nSPS) is 19.7. The SMILES string of the molecule is CC(C)C(NC(=O)OC(C)(C)C)C(=O)N(C(C(=O)NC(C)(C)C)c1cccc(O)c1)C1CC1C. The maximum atomic E-state index is 14.0. The minimum Gasteiger partial charge on any atom is -0.508 e. The van der Waals surface area contributed by atoms with E-state index < -0.39 is 29.3 Å². The molecule has 2 rings (SSSR count). The number of carbonyl (C=O) groups excluding carboxylic acids is 3. The smallest absolute Gasteiger partial charge is 0.408 e. The number of hydrogen-bond donors (Lipinski definition) is 3. The molecule has 1 aliphatic rings. The van der Waals surface area contributed by atoms with Crippen LogP contribution < -0.4 is 10.6 Å². The molecule has 1 saturated carbocycles. The van der Waals surface area contributed by atoms with E-state index >= 15 is 0 Å². The highest BCUT2D eigenvalue weighted by Gasteiger charge is 2.49. The van der Waals surface area contributed by atoms with E-state index in [1.165, 1.54) is 12.1 Å². The molecule has 0 saturated heterocycles. The molecule has 0 spiro atoms. The first-order chi connectivity index (χ1) is 15.5. The second-order valence-corrected chi connectivity index (χ2v) is 11.6. The van der Waals surface area contributed by atoms with Crippen molar-refractivity contribution < 1.29 is 24.2 Å². The van der Waals surface area contributed by atoms with Gasteiger partial charge in [0.05, 0.1) is 0 Å². The van der Waals surface area contributed by atoms with Gasteiger partial charge in [-0.2, -0.15) is 0 Å². The van der Waals surface area contributed by atoms with Crippen molar-refractivity contribution in [3.8, 4) is 5.75 Å². The predicted molar refractivity (Wildman–Crippen MR) is 131 cm³/mol. The summed E-state index contributed by atoms with van der Waals surface area (Å²) in [4.78, 5) is 41.7. The van der Waals surface area contributed by atoms with Crippen LogP contribution in [0, 0.1) is 11.8 Å². The third-order valence-electron chi connectivity index (χ3n) is 5.49. The number of amides is 3. The quantitative estimate of drug-likeness (QED) is 0.549. The van der Waals surface area contributed by atoms with Crippen LogP contribution in [0.1, 0.15) is 80.3 Å². The van der Waals surface area contributed by atoms with Crippen molar-refractivity contribution in [3.63, 3.8) is 0 Å². The van der Waals surface area contributed by atoms with Gasteiger partial charge in [-0.05, 0) is 77.5 Å². The fourth-order valence-electron chi connectivity index (χ4n) is 3.85. The molecule has 1 aromatic rings. The van der Waals surface area contributed by atoms with Gasteiger partial charge in [-0.3, -0.25) is 9.59 Å². The van der Waals surface area contributed by atoms with Crippen LogP contribution in [0.15, 0.2) is 24.3 Å². The van der Waals surface area contributed by atoms with E-state index in [9.17, 15) is 19.5 Å². The minimum atomic E-state index is -0.963. The maximum Gasteiger partial charge on any atom is 0.408 e. The van der Waals surface area contributed by atoms with Crippen molar-refractivity contribution in [2.24, 2.45) is 11.8 Å². The third kappa shape index (κ3) is 7.64. The Morgan fingerprint density at radius 2 is 1.71 bits per heavy atom. The maximum absolute atomic E-state index is 14.0. The van der Waals surface area contributed by atoms with Crippen LogP contribution in [0.2, 0.25) is 0 Å². The zero-order valence-electron chi connectivity index (χ0n) is 21.9. The Morgan fingerprint density at radius 3 is 2.15 bits per heavy atom. The van der Waals surface area contributed by atoms with E-state index in [1.54, 1.807) is 37.8 Å². The number of rotatable bonds is 7. The molecule has 0 heterocycles. The first-order valence-electron chi connectivity index (χ1n) is 11.9. The van der Waals surface area contributed by atoms with Crippen LogP contribution in [0.25, 0.3) is 0 Å². The Kier molecular flexibility index (Phi) is 8.27. The molecule has 34 heavy (non-hydrogen) atoms. The van der Waals surface area contributed by atoms with E-state index in [0.29, 0.717) is 5.56 Å². The van der Waals surface area contributed by atoms with Gasteiger partial charge in [0, 0.05) is 11.6 Å². The third-order valence-corrected chi connectivity index (χ3v) is 5.49. The van der Waals surface area contributed by atoms with E-state index in [2.05, 4.69) is 10.6 Å². The molecule has 1 aliphatic carbocycles. The Hall–Kier alpha value is -2.77. The summed E-state index contributed by atoms with van der Waals surface area (Å²) in [5.74, 6) is -0.722. The summed E-state index contributed by atoms with van der Waals surface area (Å²) >= 11 is 0. The first kappa shape index (κ1) is 27.5. The molecule has 3 amide bonds. The van der Waals surface area contributed by atoms with Crippen molar-refractivity contribution in [2.75, 3.05) is 0 Å². The van der Waals surface area contributed by atoms with Crippen LogP contribution in [0.4, 0.5) is 4.79 Å². The molecule has 8 heteroatoms. The summed E-state index contributed by atoms with van der Waals surface area (Å²) in [6, 6.07) is 4.40. The number of ether oxygens (including phenoxy) is 1. The summed E-state index contributed by atoms with van der Waals surface area (Å²) in [6.45, 7) is 16.6. The van der Waals surface area contributed by atoms with Crippen LogP contribution in [-0.4, -0.2) is 51.1 Å². The lowest BCUT2D eigenvalue weighted by Gasteiger charge is -2.37. The van der Waals surface area contributed by atoms with Gasteiger partial charge in [-0.1, -0.05) is 32.9 Å². The van der Waals surface area contributed by atoms with E-state index in [1.807, 2.05) is 41.5 Å². The molecule has 8 nitrogen and oxygen atoms in total. The number of carbonyl (C=O) groups is 3. The average Bonchev–Trinajstić information content (AvgIpc) is 3.36. The zero-order chi connectivity index (χ0) is 26.0. The second kappa shape index (κ2) is 10.2. The van der Waals surface area contributed by atoms with E-state index in [0.717, 1.165) is 6.42 Å². The number of phenols is 1. The lowest BCUT2D eigenvalue weighted by atomic mass is 9.97. The van der Waals surface area contributed by atoms with E-state index in [-0.39, 0.29) is 35.4 Å². The fourth-order valence-corrected chi connectivity index (χ4v) is 3.85. The van der Waals surface area contributed by atoms with Gasteiger partial charge in [0.15, 0.2) is 0 Å². The number of hydrogen-bond acceptors (Lipinski definition) is 5. The van der Waals surface area contributed by atoms with Crippen LogP contribution in [0.3, 0.4) is 0 Å². The van der Waals surface area contributed by atoms with Crippen molar-refractivity contribution in [3.05, 3.63) is 29.8 Å². The summed E-state index contributed by atoms with van der Waals surface area (Å²) in [5, 5.41) is 15.8. The summed E-state index contributed by atoms with van der Waals surface area (Å²) in [7, 11) is 0. The molecule has 1 aromatic carbocycles. The molecule has 3 N–H and O–H groups in total. The molecule has 0 bridgehead atoms. The summed E-state index contributed by atoms with van der Waals surface area (Å²) in [5.41, 5.74) is -0.729. The predicted octanol–water partition coefficient (Wildman–Crippen LogP) is 4.13. The van der Waals surface area contributed by atoms with Crippen molar-refractivity contribution in [1.82, 2.24) is 15.5 Å². The van der Waals surface area contributed by atoms with Gasteiger partial charge in [0.2, 0.25) is 11.8 Å². The molecular formula is C26H41N3O5. The number of aromatic hydroxyl groups is 1. The largest absolute Gasteiger partial charge is 0.508 e. The van der Waals surface area contributed by atoms with Gasteiger partial charge >= 0.3 is 6.09 Å². The Balaban J connectivity index is 2.50. The number of phenolic OH excluding ortho intramolecular Hbond substituents is 1. The Bertz CT molecular complexity index is 900. The van der Waals surface area contributed by atoms with Gasteiger partial charge < -0.3 is 25.4 Å². The molecule has 0 radical (unpaired) electrons. The van der Waals surface area contributed by atoms with Crippen LogP contribution in [0.5, 0.6) is 5.75 Å². The van der Waals surface area contributed by atoms with Gasteiger partial charge in [0.25, 0.3) is 0 Å². The highest BCUT2D eigenvalue weighted by atomic mass is 16.6. The number of nitrogens with zero attached hydrogens (tertiary/aromatic N) is 1. The molecule has 4 unspecified atom stereocenters. The van der Waals surface area contributed by atoms with Crippen LogP contribution >= 0.6 is 0 Å². The zero-order valence-corrected chi connectivity index (χ0v) is 21.9. The first-order valence-corrected chi connectivity index (χ1v) is 11.9. The lowest BCUT2D eigenvalue weighted by molar-refractivity contribution is -0.144. The summed E-state index contributed by atoms with van der Waals surface area (Å²) < 4.78 is 5.39. The summed E-state index contributed by atoms with van der Waals surface area (Å²) in [6.07, 6.45) is 0.0672. The molecule has 190 valence electrons. The van der Waals surface area contributed by atoms with Crippen molar-refractivity contribution in [1.29, 1.82) is 0 Å². The lowest BCUT2D eigenvalue weighted by Crippen LogP contribution is -2.56. The number of benzene rings is 1. The Morgan fingerprint density at radius 1 is 1.12 bits per heavy atom. The highest BCUT2D eigenvalue weighted by Crippen LogP contribution is 2.41. The van der Waals surface area contributed by atoms with Gasteiger partial charge in [-0.15, -0.1) is 0 Å². The number of nitrogens with one attached hydrogen (secondary N) is 2. The average molecular weight is 476 g/mol. The van der Waals surface area contributed by atoms with Crippen molar-refractivity contribution in [2.45, 2.75) is 98.0 Å². The standard InChI is InChI=1S/C26H41N3O5/c1-15(2)20(27-24(33)34-26(7,8)9)23(32)29(19-13-16(19)3)21(22(31)28-25(4,5)6)17-11-10-12-18(30)14-17/h10-12,14-16,19-21,30H,13H2,1-9H3,(H,27,33)(H,28,31). The molecule has 0 aliphatic heterocycles. The topological polar surface area (TPSA) is 108 Å². The molecule has 4 atom stereocenters. The molecule has 0 aromatic heterocycles. The van der Waals surface area contributed by atoms with Gasteiger partial charge in [0.1, 0.15) is 23.4 Å². The Labute approximate surface area is 203 Å². The minimum absolute atomic E-state index is 0.00888. The molecule has 1 fully saturated rings.